The summed E-state index contributed by atoms with van der Waals surface area (Å²) >= 11 is 0. The second kappa shape index (κ2) is 8.47. The van der Waals surface area contributed by atoms with Crippen LogP contribution in [0.1, 0.15) is 55.7 Å². The van der Waals surface area contributed by atoms with Gasteiger partial charge in [-0.1, -0.05) is 62.4 Å². The van der Waals surface area contributed by atoms with E-state index in [0.717, 1.165) is 13.0 Å². The lowest BCUT2D eigenvalue weighted by Gasteiger charge is -2.32. The van der Waals surface area contributed by atoms with Gasteiger partial charge in [0.05, 0.1) is 0 Å². The van der Waals surface area contributed by atoms with Crippen LogP contribution in [-0.4, -0.2) is 23.9 Å². The van der Waals surface area contributed by atoms with Crippen LogP contribution in [0.4, 0.5) is 8.78 Å². The Morgan fingerprint density at radius 3 is 2.37 bits per heavy atom. The molecule has 1 saturated heterocycles. The van der Waals surface area contributed by atoms with Crippen LogP contribution in [-0.2, 0) is 6.54 Å². The normalized spacial score (nSPS) is 17.9. The first-order chi connectivity index (χ1) is 14.4. The van der Waals surface area contributed by atoms with Crippen LogP contribution in [0, 0.1) is 6.92 Å². The minimum Gasteiger partial charge on any atom is -0.299 e. The maximum atomic E-state index is 13.5. The molecule has 0 saturated carbocycles. The van der Waals surface area contributed by atoms with Crippen LogP contribution in [0.2, 0.25) is 0 Å². The van der Waals surface area contributed by atoms with Gasteiger partial charge in [-0.3, -0.25) is 4.90 Å². The number of piperidine rings is 1. The van der Waals surface area contributed by atoms with Crippen LogP contribution in [0.25, 0.3) is 21.9 Å². The molecule has 158 valence electrons. The maximum absolute atomic E-state index is 13.5. The fourth-order valence-electron chi connectivity index (χ4n) is 4.58. The molecule has 1 heterocycles. The molecular formula is C27H31F2N. The smallest absolute Gasteiger partial charge is 0.250 e. The van der Waals surface area contributed by atoms with Crippen molar-refractivity contribution in [2.24, 2.45) is 0 Å². The highest BCUT2D eigenvalue weighted by atomic mass is 19.3. The number of halogens is 2. The lowest BCUT2D eigenvalue weighted by Crippen LogP contribution is -2.38. The number of rotatable bonds is 5. The third-order valence-electron chi connectivity index (χ3n) is 6.69. The molecule has 0 N–H and O–H groups in total. The molecule has 3 heteroatoms. The van der Waals surface area contributed by atoms with Crippen molar-refractivity contribution in [2.45, 2.75) is 58.4 Å². The van der Waals surface area contributed by atoms with Crippen molar-refractivity contribution in [3.63, 3.8) is 0 Å². The van der Waals surface area contributed by atoms with Gasteiger partial charge in [-0.05, 0) is 63.9 Å². The van der Waals surface area contributed by atoms with Crippen molar-refractivity contribution in [1.82, 2.24) is 4.90 Å². The zero-order valence-electron chi connectivity index (χ0n) is 18.2. The number of hydrogen-bond donors (Lipinski definition) is 0. The molecule has 1 atom stereocenters. The predicted octanol–water partition coefficient (Wildman–Crippen LogP) is 7.56. The molecule has 3 aromatic carbocycles. The van der Waals surface area contributed by atoms with Crippen molar-refractivity contribution in [3.05, 3.63) is 71.3 Å². The molecule has 0 aromatic heterocycles. The molecule has 3 aromatic rings. The molecule has 1 aliphatic heterocycles. The van der Waals surface area contributed by atoms with E-state index in [1.165, 1.54) is 38.6 Å². The Labute approximate surface area is 178 Å². The van der Waals surface area contributed by atoms with Crippen molar-refractivity contribution in [1.29, 1.82) is 0 Å². The van der Waals surface area contributed by atoms with Crippen molar-refractivity contribution < 1.29 is 8.78 Å². The summed E-state index contributed by atoms with van der Waals surface area (Å²) in [7, 11) is 0. The molecular weight excluding hydrogens is 376 g/mol. The summed E-state index contributed by atoms with van der Waals surface area (Å²) in [6.07, 6.45) is 1.01. The van der Waals surface area contributed by atoms with Gasteiger partial charge in [0, 0.05) is 32.5 Å². The van der Waals surface area contributed by atoms with E-state index in [2.05, 4.69) is 80.3 Å². The fraction of sp³-hybridized carbons (Fsp3) is 0.407. The Morgan fingerprint density at radius 1 is 0.933 bits per heavy atom. The Kier molecular flexibility index (Phi) is 5.92. The SMILES string of the molecule is CCC(C)c1ccc(CN2CCC(F)(F)CC2)cc1-c1cccc2c(C)cccc12. The zero-order chi connectivity index (χ0) is 21.3. The first-order valence-corrected chi connectivity index (χ1v) is 11.1. The van der Waals surface area contributed by atoms with Crippen LogP contribution >= 0.6 is 0 Å². The van der Waals surface area contributed by atoms with Gasteiger partial charge in [-0.15, -0.1) is 0 Å². The molecule has 1 nitrogen and oxygen atoms in total. The number of benzene rings is 3. The second-order valence-corrected chi connectivity index (χ2v) is 8.84. The Hall–Kier alpha value is -2.26. The van der Waals surface area contributed by atoms with Crippen LogP contribution in [0.3, 0.4) is 0 Å². The van der Waals surface area contributed by atoms with E-state index in [9.17, 15) is 8.78 Å². The summed E-state index contributed by atoms with van der Waals surface area (Å²) in [5.41, 5.74) is 6.39. The number of nitrogens with zero attached hydrogens (tertiary/aromatic N) is 1. The first-order valence-electron chi connectivity index (χ1n) is 11.1. The van der Waals surface area contributed by atoms with Crippen molar-refractivity contribution >= 4 is 10.8 Å². The number of aryl methyl sites for hydroxylation is 1. The molecule has 0 spiro atoms. The quantitative estimate of drug-likeness (QED) is 0.422. The lowest BCUT2D eigenvalue weighted by atomic mass is 9.86. The van der Waals surface area contributed by atoms with E-state index in [1.807, 2.05) is 0 Å². The van der Waals surface area contributed by atoms with E-state index in [1.54, 1.807) is 0 Å². The van der Waals surface area contributed by atoms with Gasteiger partial charge in [0.15, 0.2) is 0 Å². The van der Waals surface area contributed by atoms with Gasteiger partial charge in [-0.25, -0.2) is 8.78 Å². The summed E-state index contributed by atoms with van der Waals surface area (Å²) in [4.78, 5) is 2.16. The molecule has 1 unspecified atom stereocenters. The minimum atomic E-state index is -2.50. The van der Waals surface area contributed by atoms with E-state index in [0.29, 0.717) is 19.0 Å². The molecule has 4 rings (SSSR count). The average molecular weight is 408 g/mol. The largest absolute Gasteiger partial charge is 0.299 e. The van der Waals surface area contributed by atoms with Gasteiger partial charge < -0.3 is 0 Å². The van der Waals surface area contributed by atoms with E-state index >= 15 is 0 Å². The predicted molar refractivity (Wildman–Crippen MR) is 122 cm³/mol. The summed E-state index contributed by atoms with van der Waals surface area (Å²) < 4.78 is 27.1. The average Bonchev–Trinajstić information content (AvgIpc) is 2.74. The van der Waals surface area contributed by atoms with Crippen LogP contribution in [0.5, 0.6) is 0 Å². The first kappa shape index (κ1) is 21.0. The van der Waals surface area contributed by atoms with E-state index in [4.69, 9.17) is 0 Å². The van der Waals surface area contributed by atoms with Crippen LogP contribution in [0.15, 0.2) is 54.6 Å². The van der Waals surface area contributed by atoms with E-state index in [-0.39, 0.29) is 12.8 Å². The standard InChI is InChI=1S/C27H31F2N/c1-4-19(2)23-12-11-21(18-30-15-13-27(28,29)14-16-30)17-26(23)25-10-6-8-22-20(3)7-5-9-24(22)25/h5-12,17,19H,4,13-16,18H2,1-3H3. The number of hydrogen-bond acceptors (Lipinski definition) is 1. The molecule has 0 amide bonds. The summed E-state index contributed by atoms with van der Waals surface area (Å²) in [6, 6.07) is 19.8. The Balaban J connectivity index is 1.75. The van der Waals surface area contributed by atoms with Crippen LogP contribution < -0.4 is 0 Å². The molecule has 0 bridgehead atoms. The highest BCUT2D eigenvalue weighted by Gasteiger charge is 2.33. The monoisotopic (exact) mass is 407 g/mol. The summed E-state index contributed by atoms with van der Waals surface area (Å²) in [6.45, 7) is 8.31. The zero-order valence-corrected chi connectivity index (χ0v) is 18.2. The summed E-state index contributed by atoms with van der Waals surface area (Å²) in [5.74, 6) is -2.04. The molecule has 1 fully saturated rings. The van der Waals surface area contributed by atoms with Crippen molar-refractivity contribution in [3.8, 4) is 11.1 Å². The lowest BCUT2D eigenvalue weighted by molar-refractivity contribution is -0.0566. The highest BCUT2D eigenvalue weighted by Crippen LogP contribution is 2.37. The van der Waals surface area contributed by atoms with Gasteiger partial charge >= 0.3 is 0 Å². The summed E-state index contributed by atoms with van der Waals surface area (Å²) in [5, 5.41) is 2.56. The molecule has 30 heavy (non-hydrogen) atoms. The molecule has 1 aliphatic rings. The number of likely N-dealkylation sites (tertiary alicyclic amines) is 1. The Bertz CT molecular complexity index is 1030. The topological polar surface area (TPSA) is 3.24 Å². The third kappa shape index (κ3) is 4.27. The van der Waals surface area contributed by atoms with Gasteiger partial charge in [0.1, 0.15) is 0 Å². The van der Waals surface area contributed by atoms with Crippen molar-refractivity contribution in [2.75, 3.05) is 13.1 Å². The third-order valence-corrected chi connectivity index (χ3v) is 6.69. The van der Waals surface area contributed by atoms with Gasteiger partial charge in [0.2, 0.25) is 0 Å². The Morgan fingerprint density at radius 2 is 1.63 bits per heavy atom. The van der Waals surface area contributed by atoms with E-state index < -0.39 is 5.92 Å². The van der Waals surface area contributed by atoms with Gasteiger partial charge in [0.25, 0.3) is 5.92 Å². The number of fused-ring (bicyclic) bond motifs is 1. The second-order valence-electron chi connectivity index (χ2n) is 8.84. The maximum Gasteiger partial charge on any atom is 0.250 e. The molecule has 0 radical (unpaired) electrons. The molecule has 0 aliphatic carbocycles. The minimum absolute atomic E-state index is 0.0343. The van der Waals surface area contributed by atoms with Gasteiger partial charge in [-0.2, -0.15) is 0 Å². The highest BCUT2D eigenvalue weighted by molar-refractivity contribution is 5.99. The number of alkyl halides is 2. The fourth-order valence-corrected chi connectivity index (χ4v) is 4.58.